The Bertz CT molecular complexity index is 1890. The molecule has 4 aliphatic rings. The SMILES string of the molecule is Cc1cc(Nc2ncc(Cl)c(Nc3ccccc3S(=O)(=O)C(C)C)n2)c(OC(C)C)cc1C1=C[C@@H](C2CCC2)N(C2CCOCC2)[C@H](C2CCC2)C1. The largest absolute Gasteiger partial charge is 0.489 e. The van der Waals surface area contributed by atoms with Crippen molar-refractivity contribution in [2.24, 2.45) is 11.8 Å². The topological polar surface area (TPSA) is 106 Å². The van der Waals surface area contributed by atoms with Crippen LogP contribution in [0.2, 0.25) is 5.02 Å². The van der Waals surface area contributed by atoms with E-state index in [1.54, 1.807) is 38.1 Å². The van der Waals surface area contributed by atoms with Crippen LogP contribution in [0.3, 0.4) is 0 Å². The molecule has 0 spiro atoms. The van der Waals surface area contributed by atoms with Crippen LogP contribution < -0.4 is 15.4 Å². The lowest BCUT2D eigenvalue weighted by molar-refractivity contribution is -0.0431. The van der Waals surface area contributed by atoms with Gasteiger partial charge in [0.1, 0.15) is 10.8 Å². The van der Waals surface area contributed by atoms with Crippen LogP contribution in [0, 0.1) is 18.8 Å². The highest BCUT2D eigenvalue weighted by molar-refractivity contribution is 7.92. The van der Waals surface area contributed by atoms with E-state index in [0.717, 1.165) is 55.7 Å². The summed E-state index contributed by atoms with van der Waals surface area (Å²) < 4.78 is 38.5. The molecule has 2 atom stereocenters. The van der Waals surface area contributed by atoms with Crippen LogP contribution in [0.25, 0.3) is 5.57 Å². The molecular weight excluding hydrogens is 694 g/mol. The Balaban J connectivity index is 1.21. The minimum Gasteiger partial charge on any atom is -0.489 e. The molecule has 7 rings (SSSR count). The van der Waals surface area contributed by atoms with Crippen LogP contribution >= 0.6 is 11.6 Å². The smallest absolute Gasteiger partial charge is 0.229 e. The highest BCUT2D eigenvalue weighted by atomic mass is 35.5. The molecule has 0 amide bonds. The average Bonchev–Trinajstić information content (AvgIpc) is 3.06. The third-order valence-corrected chi connectivity index (χ3v) is 14.0. The lowest BCUT2D eigenvalue weighted by Gasteiger charge is -2.54. The van der Waals surface area contributed by atoms with Crippen LogP contribution in [-0.4, -0.2) is 66.0 Å². The Hall–Kier alpha value is -3.18. The number of aryl methyl sites for hydroxylation is 1. The predicted octanol–water partition coefficient (Wildman–Crippen LogP) is 9.50. The normalized spacial score (nSPS) is 22.2. The molecule has 0 radical (unpaired) electrons. The molecule has 52 heavy (non-hydrogen) atoms. The van der Waals surface area contributed by atoms with E-state index in [1.165, 1.54) is 61.4 Å². The molecule has 0 unspecified atom stereocenters. The third kappa shape index (κ3) is 7.72. The number of ether oxygens (including phenoxy) is 2. The molecule has 280 valence electrons. The van der Waals surface area contributed by atoms with Gasteiger partial charge in [-0.05, 0) is 132 Å². The molecule has 2 N–H and O–H groups in total. The number of halogens is 1. The fourth-order valence-electron chi connectivity index (χ4n) is 8.32. The monoisotopic (exact) mass is 747 g/mol. The molecule has 2 aliphatic heterocycles. The molecule has 2 saturated carbocycles. The number of para-hydroxylation sites is 1. The summed E-state index contributed by atoms with van der Waals surface area (Å²) in [6.07, 6.45) is 15.4. The fourth-order valence-corrected chi connectivity index (χ4v) is 9.66. The summed E-state index contributed by atoms with van der Waals surface area (Å²) in [4.78, 5) is 12.3. The van der Waals surface area contributed by atoms with E-state index in [-0.39, 0.29) is 16.0 Å². The van der Waals surface area contributed by atoms with Gasteiger partial charge in [0.05, 0.1) is 33.8 Å². The quantitative estimate of drug-likeness (QED) is 0.187. The first-order valence-electron chi connectivity index (χ1n) is 19.3. The van der Waals surface area contributed by atoms with E-state index in [4.69, 9.17) is 26.1 Å². The van der Waals surface area contributed by atoms with Crippen LogP contribution in [0.4, 0.5) is 23.1 Å². The summed E-state index contributed by atoms with van der Waals surface area (Å²) >= 11 is 6.56. The Morgan fingerprint density at radius 3 is 2.31 bits per heavy atom. The van der Waals surface area contributed by atoms with Crippen molar-refractivity contribution < 1.29 is 17.9 Å². The number of benzene rings is 2. The molecule has 3 fully saturated rings. The van der Waals surface area contributed by atoms with Crippen molar-refractivity contribution in [3.05, 3.63) is 64.8 Å². The number of aromatic nitrogens is 2. The summed E-state index contributed by atoms with van der Waals surface area (Å²) in [7, 11) is -3.55. The van der Waals surface area contributed by atoms with Gasteiger partial charge >= 0.3 is 0 Å². The van der Waals surface area contributed by atoms with Crippen molar-refractivity contribution in [1.29, 1.82) is 0 Å². The van der Waals surface area contributed by atoms with E-state index in [2.05, 4.69) is 45.6 Å². The van der Waals surface area contributed by atoms with Gasteiger partial charge < -0.3 is 20.1 Å². The van der Waals surface area contributed by atoms with E-state index < -0.39 is 15.1 Å². The lowest BCUT2D eigenvalue weighted by atomic mass is 9.69. The van der Waals surface area contributed by atoms with Crippen molar-refractivity contribution in [2.45, 2.75) is 127 Å². The van der Waals surface area contributed by atoms with Gasteiger partial charge in [-0.15, -0.1) is 0 Å². The minimum absolute atomic E-state index is 0.0475. The molecule has 2 aromatic carbocycles. The number of nitrogens with one attached hydrogen (secondary N) is 2. The first kappa shape index (κ1) is 37.1. The van der Waals surface area contributed by atoms with Gasteiger partial charge in [-0.1, -0.05) is 42.7 Å². The number of anilines is 4. The first-order valence-corrected chi connectivity index (χ1v) is 21.2. The molecule has 9 nitrogen and oxygen atoms in total. The maximum atomic E-state index is 13.1. The molecule has 11 heteroatoms. The molecule has 1 saturated heterocycles. The fraction of sp³-hybridized carbons (Fsp3) is 0.561. The van der Waals surface area contributed by atoms with Crippen molar-refractivity contribution in [3.63, 3.8) is 0 Å². The summed E-state index contributed by atoms with van der Waals surface area (Å²) in [5.41, 5.74) is 5.03. The zero-order chi connectivity index (χ0) is 36.6. The highest BCUT2D eigenvalue weighted by Gasteiger charge is 2.45. The number of nitrogens with zero attached hydrogens (tertiary/aromatic N) is 3. The number of sulfone groups is 1. The van der Waals surface area contributed by atoms with Crippen molar-refractivity contribution >= 4 is 50.2 Å². The van der Waals surface area contributed by atoms with Gasteiger partial charge in [0.2, 0.25) is 5.95 Å². The second-order valence-electron chi connectivity index (χ2n) is 15.7. The molecule has 3 heterocycles. The van der Waals surface area contributed by atoms with Crippen LogP contribution in [-0.2, 0) is 14.6 Å². The lowest BCUT2D eigenvalue weighted by Crippen LogP contribution is -2.58. The van der Waals surface area contributed by atoms with Crippen molar-refractivity contribution in [1.82, 2.24) is 14.9 Å². The summed E-state index contributed by atoms with van der Waals surface area (Å²) in [5.74, 6) is 2.83. The average molecular weight is 748 g/mol. The molecule has 2 aliphatic carbocycles. The summed E-state index contributed by atoms with van der Waals surface area (Å²) in [6, 6.07) is 12.8. The Kier molecular flexibility index (Phi) is 11.2. The molecule has 0 bridgehead atoms. The first-order chi connectivity index (χ1) is 25.0. The van der Waals surface area contributed by atoms with E-state index in [9.17, 15) is 8.42 Å². The van der Waals surface area contributed by atoms with E-state index in [1.807, 2.05) is 13.8 Å². The van der Waals surface area contributed by atoms with E-state index >= 15 is 0 Å². The van der Waals surface area contributed by atoms with Gasteiger partial charge in [-0.2, -0.15) is 4.98 Å². The third-order valence-electron chi connectivity index (χ3n) is 11.6. The number of rotatable bonds is 12. The maximum Gasteiger partial charge on any atom is 0.229 e. The summed E-state index contributed by atoms with van der Waals surface area (Å²) in [5, 5.41) is 6.25. The van der Waals surface area contributed by atoms with Crippen molar-refractivity contribution in [3.8, 4) is 5.75 Å². The molecule has 3 aromatic rings. The molecular formula is C41H54ClN5O4S. The highest BCUT2D eigenvalue weighted by Crippen LogP contribution is 2.48. The molecule has 1 aromatic heterocycles. The van der Waals surface area contributed by atoms with Crippen LogP contribution in [0.5, 0.6) is 5.75 Å². The second kappa shape index (κ2) is 15.7. The van der Waals surface area contributed by atoms with Gasteiger partial charge in [0, 0.05) is 31.3 Å². The number of hydrogen-bond donors (Lipinski definition) is 2. The van der Waals surface area contributed by atoms with Gasteiger partial charge in [0.15, 0.2) is 15.7 Å². The second-order valence-corrected chi connectivity index (χ2v) is 18.6. The van der Waals surface area contributed by atoms with E-state index in [0.29, 0.717) is 35.6 Å². The summed E-state index contributed by atoms with van der Waals surface area (Å²) in [6.45, 7) is 11.3. The van der Waals surface area contributed by atoms with Gasteiger partial charge in [-0.3, -0.25) is 4.90 Å². The number of hydrogen-bond acceptors (Lipinski definition) is 9. The minimum atomic E-state index is -3.55. The Morgan fingerprint density at radius 1 is 0.942 bits per heavy atom. The van der Waals surface area contributed by atoms with Gasteiger partial charge in [0.25, 0.3) is 0 Å². The maximum absolute atomic E-state index is 13.1. The van der Waals surface area contributed by atoms with Crippen LogP contribution in [0.15, 0.2) is 53.6 Å². The van der Waals surface area contributed by atoms with Crippen molar-refractivity contribution in [2.75, 3.05) is 23.8 Å². The zero-order valence-corrected chi connectivity index (χ0v) is 32.8. The predicted molar refractivity (Wildman–Crippen MR) is 210 cm³/mol. The Labute approximate surface area is 314 Å². The zero-order valence-electron chi connectivity index (χ0n) is 31.2. The Morgan fingerprint density at radius 2 is 1.65 bits per heavy atom. The van der Waals surface area contributed by atoms with Gasteiger partial charge in [-0.25, -0.2) is 13.4 Å². The van der Waals surface area contributed by atoms with Crippen LogP contribution in [0.1, 0.15) is 96.6 Å². The standard InChI is InChI=1S/C41H54ClN5O4S/c1-25(2)51-38-23-32(30-21-36(28-10-8-11-28)47(31-16-18-50-19-17-31)37(22-30)29-12-9-13-29)27(5)20-35(38)45-41-43-24-33(42)40(46-41)44-34-14-6-7-15-39(34)52(48,49)26(3)4/h6-7,14-15,20-21,23-26,28-29,31,36-37H,8-13,16-19,22H2,1-5H3,(H2,43,44,45,46)/t36-,37-/m0/s1.